The molecule has 0 aliphatic rings. The van der Waals surface area contributed by atoms with Gasteiger partial charge in [0, 0.05) is 11.8 Å². The van der Waals surface area contributed by atoms with Crippen LogP contribution in [0.25, 0.3) is 0 Å². The molecule has 178 valence electrons. The van der Waals surface area contributed by atoms with Crippen LogP contribution in [0.1, 0.15) is 44.8 Å². The summed E-state index contributed by atoms with van der Waals surface area (Å²) in [5.41, 5.74) is 1.03. The van der Waals surface area contributed by atoms with Crippen LogP contribution >= 0.6 is 15.4 Å². The number of benzene rings is 1. The van der Waals surface area contributed by atoms with Crippen molar-refractivity contribution in [1.82, 2.24) is 4.98 Å². The Balaban J connectivity index is 2.49. The molecule has 0 amide bonds. The van der Waals surface area contributed by atoms with Gasteiger partial charge in [-0.25, -0.2) is 4.57 Å². The third kappa shape index (κ3) is 7.49. The number of hydrogen-bond acceptors (Lipinski definition) is 9. The number of phosphoric acid groups is 1. The predicted molar refractivity (Wildman–Crippen MR) is 121 cm³/mol. The van der Waals surface area contributed by atoms with E-state index in [2.05, 4.69) is 4.98 Å². The Morgan fingerprint density at radius 3 is 1.97 bits per heavy atom. The Hall–Kier alpha value is -1.57. The van der Waals surface area contributed by atoms with Crippen molar-refractivity contribution in [1.29, 1.82) is 0 Å². The van der Waals surface area contributed by atoms with Crippen LogP contribution in [0.3, 0.4) is 0 Å². The Labute approximate surface area is 189 Å². The van der Waals surface area contributed by atoms with Gasteiger partial charge in [-0.05, 0) is 45.9 Å². The highest BCUT2D eigenvalue weighted by Gasteiger charge is 2.45. The molecule has 1 atom stereocenters. The molecule has 2 aromatic rings. The van der Waals surface area contributed by atoms with Crippen molar-refractivity contribution < 1.29 is 36.5 Å². The molecule has 0 aliphatic heterocycles. The van der Waals surface area contributed by atoms with Gasteiger partial charge in [0.1, 0.15) is 12.4 Å². The van der Waals surface area contributed by atoms with Gasteiger partial charge in [0.25, 0.3) is 0 Å². The van der Waals surface area contributed by atoms with Gasteiger partial charge in [0.05, 0.1) is 32.1 Å². The first-order valence-electron chi connectivity index (χ1n) is 10.5. The number of pyridine rings is 1. The van der Waals surface area contributed by atoms with Gasteiger partial charge in [-0.1, -0.05) is 24.3 Å². The number of ether oxygens (including phenoxy) is 1. The van der Waals surface area contributed by atoms with Crippen molar-refractivity contribution >= 4 is 15.4 Å². The molecule has 9 nitrogen and oxygen atoms in total. The highest BCUT2D eigenvalue weighted by molar-refractivity contribution is 7.55. The quantitative estimate of drug-likeness (QED) is 0.275. The number of nitrogens with zero attached hydrogens (tertiary/aromatic N) is 1. The lowest BCUT2D eigenvalue weighted by Crippen LogP contribution is -2.13. The van der Waals surface area contributed by atoms with Crippen LogP contribution in [0.5, 0.6) is 5.75 Å². The zero-order chi connectivity index (χ0) is 23.5. The molecule has 0 aliphatic carbocycles. The van der Waals surface area contributed by atoms with Crippen LogP contribution in [-0.2, 0) is 38.4 Å². The number of aromatic nitrogens is 1. The van der Waals surface area contributed by atoms with E-state index in [9.17, 15) is 9.13 Å². The van der Waals surface area contributed by atoms with Crippen molar-refractivity contribution in [2.75, 3.05) is 26.4 Å². The second-order valence-electron chi connectivity index (χ2n) is 6.26. The molecule has 1 aromatic carbocycles. The van der Waals surface area contributed by atoms with Gasteiger partial charge in [-0.15, -0.1) is 0 Å². The first kappa shape index (κ1) is 26.7. The molecule has 0 spiro atoms. The topological polar surface area (TPSA) is 102 Å². The summed E-state index contributed by atoms with van der Waals surface area (Å²) in [7, 11) is -8.05. The molecule has 1 unspecified atom stereocenters. The maximum absolute atomic E-state index is 13.8. The van der Waals surface area contributed by atoms with Gasteiger partial charge >= 0.3 is 15.4 Å². The average molecular weight is 487 g/mol. The molecular weight excluding hydrogens is 456 g/mol. The van der Waals surface area contributed by atoms with Gasteiger partial charge in [0.2, 0.25) is 0 Å². The Kier molecular flexibility index (Phi) is 11.0. The van der Waals surface area contributed by atoms with Crippen molar-refractivity contribution in [3.05, 3.63) is 59.9 Å². The Bertz CT molecular complexity index is 892. The van der Waals surface area contributed by atoms with E-state index < -0.39 is 21.3 Å². The zero-order valence-electron chi connectivity index (χ0n) is 18.8. The van der Waals surface area contributed by atoms with Crippen molar-refractivity contribution in [3.63, 3.8) is 0 Å². The first-order valence-corrected chi connectivity index (χ1v) is 13.6. The summed E-state index contributed by atoms with van der Waals surface area (Å²) in [6, 6.07) is 12.3. The molecule has 0 bridgehead atoms. The number of hydrogen-bond donors (Lipinski definition) is 0. The van der Waals surface area contributed by atoms with Crippen LogP contribution in [0, 0.1) is 0 Å². The van der Waals surface area contributed by atoms with Crippen LogP contribution in [0.2, 0.25) is 0 Å². The first-order chi connectivity index (χ1) is 15.4. The average Bonchev–Trinajstić information content (AvgIpc) is 2.78. The minimum absolute atomic E-state index is 0.0649. The summed E-state index contributed by atoms with van der Waals surface area (Å²) >= 11 is 0. The van der Waals surface area contributed by atoms with Gasteiger partial charge in [-0.2, -0.15) is 0 Å². The highest BCUT2D eigenvalue weighted by atomic mass is 31.2. The van der Waals surface area contributed by atoms with Crippen LogP contribution in [-0.4, -0.2) is 31.4 Å². The third-order valence-corrected chi connectivity index (χ3v) is 7.97. The fraction of sp³-hybridized carbons (Fsp3) is 0.476. The summed E-state index contributed by atoms with van der Waals surface area (Å²) < 4.78 is 60.2. The van der Waals surface area contributed by atoms with Crippen LogP contribution < -0.4 is 4.74 Å². The smallest absolute Gasteiger partial charge is 0.475 e. The van der Waals surface area contributed by atoms with E-state index in [0.29, 0.717) is 17.0 Å². The molecule has 0 saturated carbocycles. The minimum Gasteiger partial charge on any atom is -0.487 e. The predicted octanol–water partition coefficient (Wildman–Crippen LogP) is 6.12. The highest BCUT2D eigenvalue weighted by Crippen LogP contribution is 2.68. The summed E-state index contributed by atoms with van der Waals surface area (Å²) in [6.07, 6.45) is 1.66. The van der Waals surface area contributed by atoms with E-state index in [1.54, 1.807) is 64.2 Å². The van der Waals surface area contributed by atoms with E-state index in [1.807, 2.05) is 12.1 Å². The monoisotopic (exact) mass is 487 g/mol. The SMILES string of the molecule is CCOP(=O)(OCC)OC(c1ccccc1OCc1ccccn1)P(=O)(OCC)OCC. The van der Waals surface area contributed by atoms with Crippen LogP contribution in [0.15, 0.2) is 48.7 Å². The molecule has 32 heavy (non-hydrogen) atoms. The summed E-state index contributed by atoms with van der Waals surface area (Å²) in [5, 5.41) is 0. The third-order valence-electron chi connectivity index (χ3n) is 4.00. The maximum atomic E-state index is 13.8. The second-order valence-corrected chi connectivity index (χ2v) is 9.95. The minimum atomic E-state index is -4.08. The largest absolute Gasteiger partial charge is 0.487 e. The number of phosphoric ester groups is 1. The lowest BCUT2D eigenvalue weighted by atomic mass is 10.2. The fourth-order valence-corrected chi connectivity index (χ4v) is 6.42. The molecular formula is C21H31NO8P2. The molecule has 1 heterocycles. The molecule has 11 heteroatoms. The van der Waals surface area contributed by atoms with E-state index in [-0.39, 0.29) is 33.0 Å². The number of para-hydroxylation sites is 1. The Morgan fingerprint density at radius 2 is 1.41 bits per heavy atom. The van der Waals surface area contributed by atoms with E-state index in [4.69, 9.17) is 27.4 Å². The standard InChI is InChI=1S/C21H31NO8P2/c1-5-26-31(23,27-6-2)21(30-32(24,28-7-3)29-8-4)19-14-9-10-15-20(19)25-17-18-13-11-12-16-22-18/h9-16,21H,5-8,17H2,1-4H3. The van der Waals surface area contributed by atoms with Crippen molar-refractivity contribution in [2.24, 2.45) is 0 Å². The van der Waals surface area contributed by atoms with E-state index >= 15 is 0 Å². The summed E-state index contributed by atoms with van der Waals surface area (Å²) in [4.78, 5) is 4.24. The van der Waals surface area contributed by atoms with E-state index in [1.165, 1.54) is 0 Å². The molecule has 0 saturated heterocycles. The molecule has 1 aromatic heterocycles. The molecule has 0 radical (unpaired) electrons. The number of rotatable bonds is 15. The second kappa shape index (κ2) is 13.2. The van der Waals surface area contributed by atoms with Crippen LogP contribution in [0.4, 0.5) is 0 Å². The normalized spacial score (nSPS) is 13.1. The summed E-state index contributed by atoms with van der Waals surface area (Å²) in [5.74, 6) is -1.06. The summed E-state index contributed by atoms with van der Waals surface area (Å²) in [6.45, 7) is 7.12. The molecule has 0 fully saturated rings. The lowest BCUT2D eigenvalue weighted by Gasteiger charge is -2.29. The van der Waals surface area contributed by atoms with Gasteiger partial charge in [-0.3, -0.25) is 23.1 Å². The fourth-order valence-electron chi connectivity index (χ4n) is 2.81. The molecule has 2 rings (SSSR count). The van der Waals surface area contributed by atoms with Gasteiger partial charge in [0.15, 0.2) is 5.85 Å². The van der Waals surface area contributed by atoms with Crippen molar-refractivity contribution in [2.45, 2.75) is 40.1 Å². The maximum Gasteiger partial charge on any atom is 0.475 e. The Morgan fingerprint density at radius 1 is 0.812 bits per heavy atom. The van der Waals surface area contributed by atoms with Crippen molar-refractivity contribution in [3.8, 4) is 5.75 Å². The van der Waals surface area contributed by atoms with Gasteiger partial charge < -0.3 is 13.8 Å². The molecule has 0 N–H and O–H groups in total. The lowest BCUT2D eigenvalue weighted by molar-refractivity contribution is 0.0879. The zero-order valence-corrected chi connectivity index (χ0v) is 20.6. The van der Waals surface area contributed by atoms with E-state index in [0.717, 1.165) is 0 Å².